The highest BCUT2D eigenvalue weighted by molar-refractivity contribution is 7.11. The summed E-state index contributed by atoms with van der Waals surface area (Å²) >= 11 is 7.38. The van der Waals surface area contributed by atoms with E-state index in [1.807, 2.05) is 19.2 Å². The topological polar surface area (TPSA) is 24.9 Å². The van der Waals surface area contributed by atoms with Crippen molar-refractivity contribution in [1.82, 2.24) is 10.3 Å². The summed E-state index contributed by atoms with van der Waals surface area (Å²) in [7, 11) is 0. The minimum absolute atomic E-state index is 0.0562. The molecule has 0 amide bonds. The number of rotatable bonds is 5. The summed E-state index contributed by atoms with van der Waals surface area (Å²) in [5.74, 6) is -0.379. The van der Waals surface area contributed by atoms with Gasteiger partial charge in [-0.1, -0.05) is 24.6 Å². The van der Waals surface area contributed by atoms with Gasteiger partial charge in [-0.25, -0.2) is 9.37 Å². The van der Waals surface area contributed by atoms with Crippen molar-refractivity contribution in [2.24, 2.45) is 0 Å². The van der Waals surface area contributed by atoms with Gasteiger partial charge in [-0.05, 0) is 31.0 Å². The van der Waals surface area contributed by atoms with E-state index in [2.05, 4.69) is 17.2 Å². The molecule has 0 bridgehead atoms. The van der Waals surface area contributed by atoms with E-state index in [-0.39, 0.29) is 16.9 Å². The first-order valence-electron chi connectivity index (χ1n) is 6.22. The van der Waals surface area contributed by atoms with Crippen LogP contribution in [0.15, 0.2) is 24.4 Å². The molecule has 2 rings (SSSR count). The molecule has 1 aromatic heterocycles. The Labute approximate surface area is 121 Å². The maximum atomic E-state index is 13.4. The first-order chi connectivity index (χ1) is 9.10. The number of thiazole rings is 1. The zero-order valence-corrected chi connectivity index (χ0v) is 12.5. The average Bonchev–Trinajstić information content (AvgIpc) is 2.87. The van der Waals surface area contributed by atoms with Gasteiger partial charge in [0, 0.05) is 23.7 Å². The monoisotopic (exact) mass is 298 g/mol. The van der Waals surface area contributed by atoms with E-state index in [1.54, 1.807) is 17.4 Å². The van der Waals surface area contributed by atoms with Crippen LogP contribution in [0.25, 0.3) is 0 Å². The molecule has 19 heavy (non-hydrogen) atoms. The SMILES string of the molecule is CCc1cnc(CNC(C)c2ccc(Cl)c(F)c2)s1. The van der Waals surface area contributed by atoms with E-state index < -0.39 is 0 Å². The average molecular weight is 299 g/mol. The highest BCUT2D eigenvalue weighted by Crippen LogP contribution is 2.21. The van der Waals surface area contributed by atoms with Crippen molar-refractivity contribution in [2.45, 2.75) is 32.9 Å². The lowest BCUT2D eigenvalue weighted by molar-refractivity contribution is 0.564. The van der Waals surface area contributed by atoms with Crippen LogP contribution in [0.2, 0.25) is 5.02 Å². The first-order valence-corrected chi connectivity index (χ1v) is 7.41. The van der Waals surface area contributed by atoms with E-state index in [9.17, 15) is 4.39 Å². The molecule has 0 aliphatic rings. The van der Waals surface area contributed by atoms with E-state index in [0.29, 0.717) is 6.54 Å². The molecule has 102 valence electrons. The van der Waals surface area contributed by atoms with Crippen molar-refractivity contribution in [3.63, 3.8) is 0 Å². The van der Waals surface area contributed by atoms with Gasteiger partial charge in [0.1, 0.15) is 10.8 Å². The molecule has 0 radical (unpaired) electrons. The van der Waals surface area contributed by atoms with Crippen molar-refractivity contribution in [3.8, 4) is 0 Å². The zero-order chi connectivity index (χ0) is 13.8. The molecule has 1 unspecified atom stereocenters. The van der Waals surface area contributed by atoms with E-state index in [1.165, 1.54) is 10.9 Å². The number of benzene rings is 1. The third-order valence-electron chi connectivity index (χ3n) is 2.95. The Morgan fingerprint density at radius 1 is 1.47 bits per heavy atom. The van der Waals surface area contributed by atoms with Crippen molar-refractivity contribution in [1.29, 1.82) is 0 Å². The predicted octanol–water partition coefficient (Wildman–Crippen LogP) is 4.35. The summed E-state index contributed by atoms with van der Waals surface area (Å²) in [5, 5.41) is 4.55. The van der Waals surface area contributed by atoms with Gasteiger partial charge in [-0.2, -0.15) is 0 Å². The van der Waals surface area contributed by atoms with Crippen molar-refractivity contribution < 1.29 is 4.39 Å². The fraction of sp³-hybridized carbons (Fsp3) is 0.357. The fourth-order valence-electron chi connectivity index (χ4n) is 1.73. The second-order valence-corrected chi connectivity index (χ2v) is 5.96. The Kier molecular flexibility index (Phi) is 4.91. The van der Waals surface area contributed by atoms with Crippen LogP contribution < -0.4 is 5.32 Å². The Bertz CT molecular complexity index is 556. The smallest absolute Gasteiger partial charge is 0.142 e. The molecule has 1 aromatic carbocycles. The Hall–Kier alpha value is -0.970. The maximum Gasteiger partial charge on any atom is 0.142 e. The van der Waals surface area contributed by atoms with E-state index in [4.69, 9.17) is 11.6 Å². The molecule has 2 aromatic rings. The molecule has 0 saturated carbocycles. The molecule has 1 atom stereocenters. The Morgan fingerprint density at radius 2 is 2.26 bits per heavy atom. The molecule has 0 fully saturated rings. The van der Waals surface area contributed by atoms with Crippen LogP contribution in [0.1, 0.15) is 35.3 Å². The second kappa shape index (κ2) is 6.46. The second-order valence-electron chi connectivity index (χ2n) is 4.35. The van der Waals surface area contributed by atoms with Crippen LogP contribution >= 0.6 is 22.9 Å². The molecule has 1 N–H and O–H groups in total. The minimum atomic E-state index is -0.379. The Morgan fingerprint density at radius 3 is 2.89 bits per heavy atom. The Balaban J connectivity index is 1.96. The van der Waals surface area contributed by atoms with Crippen molar-refractivity contribution in [2.75, 3.05) is 0 Å². The summed E-state index contributed by atoms with van der Waals surface area (Å²) in [6.07, 6.45) is 2.92. The molecular formula is C14H16ClFN2S. The quantitative estimate of drug-likeness (QED) is 0.888. The zero-order valence-electron chi connectivity index (χ0n) is 10.9. The normalized spacial score (nSPS) is 12.6. The summed E-state index contributed by atoms with van der Waals surface area (Å²) < 4.78 is 13.4. The molecule has 0 aliphatic heterocycles. The lowest BCUT2D eigenvalue weighted by Gasteiger charge is -2.13. The van der Waals surface area contributed by atoms with Gasteiger partial charge in [0.05, 0.1) is 5.02 Å². The third kappa shape index (κ3) is 3.75. The van der Waals surface area contributed by atoms with Crippen LogP contribution in [0, 0.1) is 5.82 Å². The van der Waals surface area contributed by atoms with Gasteiger partial charge in [-0.3, -0.25) is 0 Å². The van der Waals surface area contributed by atoms with Crippen LogP contribution in [0.4, 0.5) is 4.39 Å². The van der Waals surface area contributed by atoms with Gasteiger partial charge >= 0.3 is 0 Å². The van der Waals surface area contributed by atoms with Crippen LogP contribution in [0.5, 0.6) is 0 Å². The number of aryl methyl sites for hydroxylation is 1. The number of nitrogens with one attached hydrogen (secondary N) is 1. The summed E-state index contributed by atoms with van der Waals surface area (Å²) in [4.78, 5) is 5.62. The number of aromatic nitrogens is 1. The molecular weight excluding hydrogens is 283 g/mol. The van der Waals surface area contributed by atoms with E-state index in [0.717, 1.165) is 17.0 Å². The molecule has 5 heteroatoms. The largest absolute Gasteiger partial charge is 0.304 e. The summed E-state index contributed by atoms with van der Waals surface area (Å²) in [6, 6.07) is 4.95. The third-order valence-corrected chi connectivity index (χ3v) is 4.40. The van der Waals surface area contributed by atoms with Crippen LogP contribution in [0.3, 0.4) is 0 Å². The molecule has 1 heterocycles. The minimum Gasteiger partial charge on any atom is -0.304 e. The summed E-state index contributed by atoms with van der Waals surface area (Å²) in [6.45, 7) is 4.80. The highest BCUT2D eigenvalue weighted by Gasteiger charge is 2.09. The maximum absolute atomic E-state index is 13.4. The molecule has 0 spiro atoms. The molecule has 2 nitrogen and oxygen atoms in total. The van der Waals surface area contributed by atoms with Crippen molar-refractivity contribution >= 4 is 22.9 Å². The molecule has 0 aliphatic carbocycles. The van der Waals surface area contributed by atoms with E-state index >= 15 is 0 Å². The molecule has 0 saturated heterocycles. The van der Waals surface area contributed by atoms with Crippen LogP contribution in [-0.2, 0) is 13.0 Å². The highest BCUT2D eigenvalue weighted by atomic mass is 35.5. The lowest BCUT2D eigenvalue weighted by Crippen LogP contribution is -2.18. The van der Waals surface area contributed by atoms with Gasteiger partial charge in [-0.15, -0.1) is 11.3 Å². The lowest BCUT2D eigenvalue weighted by atomic mass is 10.1. The number of hydrogen-bond acceptors (Lipinski definition) is 3. The van der Waals surface area contributed by atoms with Gasteiger partial charge in [0.25, 0.3) is 0 Å². The first kappa shape index (κ1) is 14.4. The predicted molar refractivity (Wildman–Crippen MR) is 78.2 cm³/mol. The number of nitrogens with zero attached hydrogens (tertiary/aromatic N) is 1. The van der Waals surface area contributed by atoms with Gasteiger partial charge in [0.2, 0.25) is 0 Å². The summed E-state index contributed by atoms with van der Waals surface area (Å²) in [5.41, 5.74) is 0.883. The fourth-order valence-corrected chi connectivity index (χ4v) is 2.66. The van der Waals surface area contributed by atoms with Crippen LogP contribution in [-0.4, -0.2) is 4.98 Å². The van der Waals surface area contributed by atoms with Gasteiger partial charge < -0.3 is 5.32 Å². The number of halogens is 2. The van der Waals surface area contributed by atoms with Gasteiger partial charge in [0.15, 0.2) is 0 Å². The number of hydrogen-bond donors (Lipinski definition) is 1. The van der Waals surface area contributed by atoms with Crippen molar-refractivity contribution in [3.05, 3.63) is 50.7 Å². The standard InChI is InChI=1S/C14H16ClFN2S/c1-3-11-7-18-14(19-11)8-17-9(2)10-4-5-12(15)13(16)6-10/h4-7,9,17H,3,8H2,1-2H3.